The molecular formula is C17H23N3O4. The van der Waals surface area contributed by atoms with E-state index < -0.39 is 5.76 Å². The predicted molar refractivity (Wildman–Crippen MR) is 89.8 cm³/mol. The second-order valence-corrected chi connectivity index (χ2v) is 6.08. The molecule has 1 fully saturated rings. The highest BCUT2D eigenvalue weighted by molar-refractivity contribution is 5.79. The molecule has 2 heterocycles. The van der Waals surface area contributed by atoms with Crippen LogP contribution in [0, 0.1) is 0 Å². The van der Waals surface area contributed by atoms with Crippen molar-refractivity contribution < 1.29 is 14.3 Å². The summed E-state index contributed by atoms with van der Waals surface area (Å²) in [7, 11) is 0. The molecule has 1 unspecified atom stereocenters. The molecule has 7 heteroatoms. The van der Waals surface area contributed by atoms with E-state index in [-0.39, 0.29) is 25.1 Å². The highest BCUT2D eigenvalue weighted by Crippen LogP contribution is 2.13. The molecule has 0 aliphatic carbocycles. The van der Waals surface area contributed by atoms with Gasteiger partial charge in [-0.15, -0.1) is 0 Å². The van der Waals surface area contributed by atoms with E-state index >= 15 is 0 Å². The number of benzene rings is 1. The second-order valence-electron chi connectivity index (χ2n) is 6.08. The molecule has 1 aromatic carbocycles. The van der Waals surface area contributed by atoms with Crippen LogP contribution in [-0.2, 0) is 11.3 Å². The van der Waals surface area contributed by atoms with E-state index in [1.807, 2.05) is 6.07 Å². The third-order valence-electron chi connectivity index (χ3n) is 4.73. The number of hydrogen-bond acceptors (Lipinski definition) is 5. The molecule has 24 heavy (non-hydrogen) atoms. The predicted octanol–water partition coefficient (Wildman–Crippen LogP) is 0.510. The average Bonchev–Trinajstić information content (AvgIpc) is 2.92. The van der Waals surface area contributed by atoms with Crippen LogP contribution in [0.5, 0.6) is 0 Å². The van der Waals surface area contributed by atoms with Crippen LogP contribution in [0.2, 0.25) is 0 Å². The molecule has 3 rings (SSSR count). The smallest absolute Gasteiger partial charge is 0.408 e. The van der Waals surface area contributed by atoms with E-state index in [4.69, 9.17) is 4.42 Å². The molecule has 1 aliphatic heterocycles. The highest BCUT2D eigenvalue weighted by atomic mass is 16.4. The number of aliphatic hydroxyl groups excluding tert-OH is 1. The molecule has 7 nitrogen and oxygen atoms in total. The quantitative estimate of drug-likeness (QED) is 0.862. The zero-order chi connectivity index (χ0) is 17.1. The van der Waals surface area contributed by atoms with Gasteiger partial charge in [0.2, 0.25) is 5.91 Å². The van der Waals surface area contributed by atoms with Crippen molar-refractivity contribution >= 4 is 17.0 Å². The maximum Gasteiger partial charge on any atom is 0.420 e. The molecule has 2 aromatic rings. The van der Waals surface area contributed by atoms with Crippen LogP contribution in [0.15, 0.2) is 33.5 Å². The van der Waals surface area contributed by atoms with Crippen molar-refractivity contribution in [1.82, 2.24) is 14.4 Å². The monoisotopic (exact) mass is 333 g/mol. The van der Waals surface area contributed by atoms with Crippen molar-refractivity contribution in [2.24, 2.45) is 0 Å². The van der Waals surface area contributed by atoms with Crippen LogP contribution in [0.25, 0.3) is 11.1 Å². The number of carbonyl (C=O) groups is 1. The van der Waals surface area contributed by atoms with Gasteiger partial charge in [-0.05, 0) is 18.6 Å². The van der Waals surface area contributed by atoms with Crippen LogP contribution in [0.3, 0.4) is 0 Å². The molecule has 0 bridgehead atoms. The topological polar surface area (TPSA) is 78.9 Å². The Labute approximate surface area is 140 Å². The van der Waals surface area contributed by atoms with E-state index in [2.05, 4.69) is 11.8 Å². The largest absolute Gasteiger partial charge is 0.420 e. The summed E-state index contributed by atoms with van der Waals surface area (Å²) in [5, 5.41) is 9.38. The van der Waals surface area contributed by atoms with Gasteiger partial charge in [-0.3, -0.25) is 14.3 Å². The number of piperazine rings is 1. The third kappa shape index (κ3) is 3.22. The minimum absolute atomic E-state index is 0.00689. The van der Waals surface area contributed by atoms with Crippen molar-refractivity contribution in [3.8, 4) is 0 Å². The van der Waals surface area contributed by atoms with Gasteiger partial charge in [0.25, 0.3) is 0 Å². The Morgan fingerprint density at radius 1 is 1.25 bits per heavy atom. The zero-order valence-corrected chi connectivity index (χ0v) is 13.9. The summed E-state index contributed by atoms with van der Waals surface area (Å²) < 4.78 is 6.55. The minimum atomic E-state index is -0.505. The normalized spacial score (nSPS) is 17.3. The van der Waals surface area contributed by atoms with Crippen LogP contribution in [-0.4, -0.2) is 64.2 Å². The minimum Gasteiger partial charge on any atom is -0.408 e. The molecule has 1 aliphatic rings. The van der Waals surface area contributed by atoms with E-state index in [1.54, 1.807) is 23.1 Å². The first-order valence-electron chi connectivity index (χ1n) is 8.35. The lowest BCUT2D eigenvalue weighted by Crippen LogP contribution is -2.53. The number of hydrogen-bond donors (Lipinski definition) is 1. The lowest BCUT2D eigenvalue weighted by atomic mass is 10.1. The van der Waals surface area contributed by atoms with Crippen LogP contribution < -0.4 is 5.76 Å². The molecule has 1 atom stereocenters. The molecule has 1 N–H and O–H groups in total. The zero-order valence-electron chi connectivity index (χ0n) is 13.9. The number of oxazole rings is 1. The Morgan fingerprint density at radius 3 is 2.62 bits per heavy atom. The third-order valence-corrected chi connectivity index (χ3v) is 4.73. The Morgan fingerprint density at radius 2 is 1.96 bits per heavy atom. The molecule has 0 spiro atoms. The summed E-state index contributed by atoms with van der Waals surface area (Å²) in [4.78, 5) is 28.5. The van der Waals surface area contributed by atoms with Crippen LogP contribution in [0.1, 0.15) is 13.3 Å². The second kappa shape index (κ2) is 7.19. The Hall–Kier alpha value is -2.12. The summed E-state index contributed by atoms with van der Waals surface area (Å²) in [6.07, 6.45) is 0.890. The first-order chi connectivity index (χ1) is 11.6. The Kier molecular flexibility index (Phi) is 5.01. The van der Waals surface area contributed by atoms with E-state index in [0.717, 1.165) is 19.5 Å². The van der Waals surface area contributed by atoms with Crippen molar-refractivity contribution in [1.29, 1.82) is 0 Å². The van der Waals surface area contributed by atoms with Gasteiger partial charge < -0.3 is 14.4 Å². The fourth-order valence-electron chi connectivity index (χ4n) is 3.24. The summed E-state index contributed by atoms with van der Waals surface area (Å²) in [6, 6.07) is 7.26. The maximum absolute atomic E-state index is 12.5. The number of nitrogens with zero attached hydrogens (tertiary/aromatic N) is 3. The lowest BCUT2D eigenvalue weighted by molar-refractivity contribution is -0.134. The molecule has 1 amide bonds. The molecule has 0 radical (unpaired) electrons. The number of aromatic nitrogens is 1. The number of para-hydroxylation sites is 2. The fraction of sp³-hybridized carbons (Fsp3) is 0.529. The van der Waals surface area contributed by atoms with Crippen molar-refractivity contribution in [3.63, 3.8) is 0 Å². The van der Waals surface area contributed by atoms with E-state index in [9.17, 15) is 14.7 Å². The standard InChI is InChI=1S/C17H23N3O4/c1-2-13(12-21)18-7-9-19(10-8-18)16(22)11-20-14-5-3-4-6-15(14)24-17(20)23/h3-6,13,21H,2,7-12H2,1H3. The van der Waals surface area contributed by atoms with E-state index in [0.29, 0.717) is 24.2 Å². The van der Waals surface area contributed by atoms with Crippen molar-refractivity contribution in [3.05, 3.63) is 34.8 Å². The van der Waals surface area contributed by atoms with Gasteiger partial charge in [0.15, 0.2) is 5.58 Å². The first kappa shape index (κ1) is 16.7. The Balaban J connectivity index is 1.66. The molecule has 130 valence electrons. The number of rotatable bonds is 5. The highest BCUT2D eigenvalue weighted by Gasteiger charge is 2.25. The van der Waals surface area contributed by atoms with Gasteiger partial charge in [-0.2, -0.15) is 0 Å². The van der Waals surface area contributed by atoms with Crippen molar-refractivity contribution in [2.45, 2.75) is 25.9 Å². The first-order valence-corrected chi connectivity index (χ1v) is 8.35. The van der Waals surface area contributed by atoms with E-state index in [1.165, 1.54) is 4.57 Å². The summed E-state index contributed by atoms with van der Waals surface area (Å²) in [6.45, 7) is 4.89. The van der Waals surface area contributed by atoms with Gasteiger partial charge >= 0.3 is 5.76 Å². The number of fused-ring (bicyclic) bond motifs is 1. The molecule has 1 saturated heterocycles. The van der Waals surface area contributed by atoms with Gasteiger partial charge in [0.1, 0.15) is 6.54 Å². The number of aliphatic hydroxyl groups is 1. The number of amides is 1. The number of carbonyl (C=O) groups excluding carboxylic acids is 1. The summed E-state index contributed by atoms with van der Waals surface area (Å²) in [5.41, 5.74) is 1.13. The summed E-state index contributed by atoms with van der Waals surface area (Å²) in [5.74, 6) is -0.588. The van der Waals surface area contributed by atoms with Crippen molar-refractivity contribution in [2.75, 3.05) is 32.8 Å². The lowest BCUT2D eigenvalue weighted by Gasteiger charge is -2.38. The van der Waals surface area contributed by atoms with Crippen LogP contribution in [0.4, 0.5) is 0 Å². The van der Waals surface area contributed by atoms with Gasteiger partial charge in [0.05, 0.1) is 12.1 Å². The van der Waals surface area contributed by atoms with Gasteiger partial charge in [0, 0.05) is 32.2 Å². The van der Waals surface area contributed by atoms with Gasteiger partial charge in [-0.1, -0.05) is 19.1 Å². The average molecular weight is 333 g/mol. The summed E-state index contributed by atoms with van der Waals surface area (Å²) >= 11 is 0. The van der Waals surface area contributed by atoms with Crippen LogP contribution >= 0.6 is 0 Å². The SMILES string of the molecule is CCC(CO)N1CCN(C(=O)Cn2c(=O)oc3ccccc32)CC1. The van der Waals surface area contributed by atoms with Gasteiger partial charge in [-0.25, -0.2) is 4.79 Å². The molecule has 1 aromatic heterocycles. The molecule has 0 saturated carbocycles. The Bertz CT molecular complexity index is 755. The maximum atomic E-state index is 12.5. The molecular weight excluding hydrogens is 310 g/mol. The fourth-order valence-corrected chi connectivity index (χ4v) is 3.24.